The highest BCUT2D eigenvalue weighted by molar-refractivity contribution is 14.0. The number of thiazole rings is 1. The SMILES string of the molecule is CCOC(CCN(C)C)CNC(=NC)NCc1nc(C)c(C)s1.I. The number of guanidine groups is 1. The molecule has 0 aromatic carbocycles. The Morgan fingerprint density at radius 3 is 2.54 bits per heavy atom. The van der Waals surface area contributed by atoms with Crippen LogP contribution in [-0.2, 0) is 11.3 Å². The normalized spacial score (nSPS) is 12.9. The van der Waals surface area contributed by atoms with Gasteiger partial charge in [-0.2, -0.15) is 0 Å². The first-order valence-corrected chi connectivity index (χ1v) is 8.91. The molecule has 0 radical (unpaired) electrons. The van der Waals surface area contributed by atoms with Gasteiger partial charge in [0.25, 0.3) is 0 Å². The largest absolute Gasteiger partial charge is 0.377 e. The predicted molar refractivity (Wildman–Crippen MR) is 114 cm³/mol. The van der Waals surface area contributed by atoms with Crippen LogP contribution in [0.3, 0.4) is 0 Å². The Hall–Kier alpha value is -0.450. The second-order valence-corrected chi connectivity index (χ2v) is 7.01. The van der Waals surface area contributed by atoms with E-state index < -0.39 is 0 Å². The minimum atomic E-state index is 0. The number of nitrogens with zero attached hydrogens (tertiary/aromatic N) is 3. The van der Waals surface area contributed by atoms with Crippen molar-refractivity contribution < 1.29 is 4.74 Å². The van der Waals surface area contributed by atoms with Gasteiger partial charge in [0.2, 0.25) is 0 Å². The van der Waals surface area contributed by atoms with Crippen molar-refractivity contribution in [3.8, 4) is 0 Å². The summed E-state index contributed by atoms with van der Waals surface area (Å²) >= 11 is 1.72. The Morgan fingerprint density at radius 1 is 1.33 bits per heavy atom. The van der Waals surface area contributed by atoms with Gasteiger partial charge < -0.3 is 20.3 Å². The van der Waals surface area contributed by atoms with Crippen LogP contribution in [0.4, 0.5) is 0 Å². The average Bonchev–Trinajstić information content (AvgIpc) is 2.83. The summed E-state index contributed by atoms with van der Waals surface area (Å²) in [6.45, 7) is 9.34. The monoisotopic (exact) mass is 469 g/mol. The maximum atomic E-state index is 5.79. The summed E-state index contributed by atoms with van der Waals surface area (Å²) in [5.41, 5.74) is 1.11. The number of ether oxygens (including phenoxy) is 1. The molecule has 1 aromatic heterocycles. The summed E-state index contributed by atoms with van der Waals surface area (Å²) in [6.07, 6.45) is 1.18. The van der Waals surface area contributed by atoms with Crippen LogP contribution >= 0.6 is 35.3 Å². The van der Waals surface area contributed by atoms with Crippen LogP contribution in [0.15, 0.2) is 4.99 Å². The van der Waals surface area contributed by atoms with Crippen LogP contribution in [0.5, 0.6) is 0 Å². The molecule has 1 atom stereocenters. The molecule has 6 nitrogen and oxygen atoms in total. The average molecular weight is 469 g/mol. The molecule has 0 amide bonds. The van der Waals surface area contributed by atoms with E-state index in [0.29, 0.717) is 6.54 Å². The molecule has 0 saturated heterocycles. The van der Waals surface area contributed by atoms with Gasteiger partial charge in [0.15, 0.2) is 5.96 Å². The number of hydrogen-bond donors (Lipinski definition) is 2. The van der Waals surface area contributed by atoms with Gasteiger partial charge in [-0.05, 0) is 41.3 Å². The fraction of sp³-hybridized carbons (Fsp3) is 0.750. The molecular formula is C16H32IN5OS. The third-order valence-corrected chi connectivity index (χ3v) is 4.57. The molecule has 8 heteroatoms. The molecule has 0 saturated carbocycles. The van der Waals surface area contributed by atoms with E-state index in [1.807, 2.05) is 13.8 Å². The summed E-state index contributed by atoms with van der Waals surface area (Å²) in [7, 11) is 5.94. The van der Waals surface area contributed by atoms with Crippen LogP contribution in [-0.4, -0.2) is 62.8 Å². The molecular weight excluding hydrogens is 437 g/mol. The van der Waals surface area contributed by atoms with Gasteiger partial charge in [0.1, 0.15) is 5.01 Å². The molecule has 0 bridgehead atoms. The fourth-order valence-electron chi connectivity index (χ4n) is 2.09. The fourth-order valence-corrected chi connectivity index (χ4v) is 2.96. The summed E-state index contributed by atoms with van der Waals surface area (Å²) in [5, 5.41) is 7.73. The molecule has 1 heterocycles. The zero-order chi connectivity index (χ0) is 17.2. The number of aryl methyl sites for hydroxylation is 2. The van der Waals surface area contributed by atoms with Crippen molar-refractivity contribution in [1.29, 1.82) is 0 Å². The Morgan fingerprint density at radius 2 is 2.04 bits per heavy atom. The van der Waals surface area contributed by atoms with Gasteiger partial charge in [-0.3, -0.25) is 4.99 Å². The van der Waals surface area contributed by atoms with Gasteiger partial charge >= 0.3 is 0 Å². The van der Waals surface area contributed by atoms with E-state index in [2.05, 4.69) is 46.5 Å². The van der Waals surface area contributed by atoms with Crippen molar-refractivity contribution in [3.63, 3.8) is 0 Å². The molecule has 1 unspecified atom stereocenters. The number of halogens is 1. The van der Waals surface area contributed by atoms with Gasteiger partial charge in [0.05, 0.1) is 18.3 Å². The number of aliphatic imine (C=N–C) groups is 1. The topological polar surface area (TPSA) is 61.8 Å². The Labute approximate surface area is 167 Å². The minimum absolute atomic E-state index is 0. The quantitative estimate of drug-likeness (QED) is 0.331. The second-order valence-electron chi connectivity index (χ2n) is 5.73. The first kappa shape index (κ1) is 23.5. The van der Waals surface area contributed by atoms with Crippen LogP contribution in [0, 0.1) is 13.8 Å². The van der Waals surface area contributed by atoms with Crippen LogP contribution < -0.4 is 10.6 Å². The first-order chi connectivity index (χ1) is 11.0. The maximum Gasteiger partial charge on any atom is 0.191 e. The van der Waals surface area contributed by atoms with Crippen LogP contribution in [0.25, 0.3) is 0 Å². The highest BCUT2D eigenvalue weighted by atomic mass is 127. The van der Waals surface area contributed by atoms with Crippen molar-refractivity contribution in [1.82, 2.24) is 20.5 Å². The van der Waals surface area contributed by atoms with Crippen molar-refractivity contribution in [2.45, 2.75) is 39.8 Å². The minimum Gasteiger partial charge on any atom is -0.377 e. The molecule has 1 aromatic rings. The lowest BCUT2D eigenvalue weighted by atomic mass is 10.2. The lowest BCUT2D eigenvalue weighted by Gasteiger charge is -2.21. The molecule has 24 heavy (non-hydrogen) atoms. The first-order valence-electron chi connectivity index (χ1n) is 8.10. The molecule has 0 aliphatic rings. The smallest absolute Gasteiger partial charge is 0.191 e. The summed E-state index contributed by atoms with van der Waals surface area (Å²) in [5.74, 6) is 0.782. The third-order valence-electron chi connectivity index (χ3n) is 3.50. The Kier molecular flexibility index (Phi) is 12.6. The predicted octanol–water partition coefficient (Wildman–Crippen LogP) is 2.40. The van der Waals surface area contributed by atoms with Gasteiger partial charge in [-0.1, -0.05) is 0 Å². The van der Waals surface area contributed by atoms with Crippen molar-refractivity contribution in [2.24, 2.45) is 4.99 Å². The van der Waals surface area contributed by atoms with E-state index in [1.54, 1.807) is 18.4 Å². The van der Waals surface area contributed by atoms with Crippen molar-refractivity contribution in [3.05, 3.63) is 15.6 Å². The van der Waals surface area contributed by atoms with Crippen LogP contribution in [0.2, 0.25) is 0 Å². The Balaban J connectivity index is 0.00000529. The van der Waals surface area contributed by atoms with Crippen molar-refractivity contribution >= 4 is 41.3 Å². The van der Waals surface area contributed by atoms with E-state index in [0.717, 1.165) is 42.8 Å². The van der Waals surface area contributed by atoms with Gasteiger partial charge in [-0.15, -0.1) is 35.3 Å². The zero-order valence-electron chi connectivity index (χ0n) is 15.7. The summed E-state index contributed by atoms with van der Waals surface area (Å²) < 4.78 is 5.79. The summed E-state index contributed by atoms with van der Waals surface area (Å²) in [6, 6.07) is 0. The van der Waals surface area contributed by atoms with Crippen LogP contribution in [0.1, 0.15) is 28.9 Å². The van der Waals surface area contributed by atoms with E-state index in [9.17, 15) is 0 Å². The highest BCUT2D eigenvalue weighted by Gasteiger charge is 2.10. The standard InChI is InChI=1S/C16H31N5OS.HI/c1-7-22-14(8-9-21(5)6)10-18-16(17-4)19-11-15-20-12(2)13(3)23-15;/h14H,7-11H2,1-6H3,(H2,17,18,19);1H. The molecule has 1 rings (SSSR count). The van der Waals surface area contributed by atoms with E-state index in [1.165, 1.54) is 4.88 Å². The second kappa shape index (κ2) is 12.8. The maximum absolute atomic E-state index is 5.79. The molecule has 0 aliphatic heterocycles. The molecule has 0 aliphatic carbocycles. The van der Waals surface area contributed by atoms with Gasteiger partial charge in [-0.25, -0.2) is 4.98 Å². The number of aromatic nitrogens is 1. The highest BCUT2D eigenvalue weighted by Crippen LogP contribution is 2.15. The lowest BCUT2D eigenvalue weighted by Crippen LogP contribution is -2.42. The lowest BCUT2D eigenvalue weighted by molar-refractivity contribution is 0.0548. The molecule has 2 N–H and O–H groups in total. The zero-order valence-corrected chi connectivity index (χ0v) is 18.8. The summed E-state index contributed by atoms with van der Waals surface area (Å²) in [4.78, 5) is 12.2. The molecule has 0 spiro atoms. The van der Waals surface area contributed by atoms with E-state index in [-0.39, 0.29) is 30.1 Å². The molecule has 0 fully saturated rings. The number of rotatable bonds is 9. The van der Waals surface area contributed by atoms with E-state index in [4.69, 9.17) is 4.74 Å². The van der Waals surface area contributed by atoms with Crippen molar-refractivity contribution in [2.75, 3.05) is 40.8 Å². The Bertz CT molecular complexity index is 473. The van der Waals surface area contributed by atoms with E-state index >= 15 is 0 Å². The third kappa shape index (κ3) is 9.14. The molecule has 140 valence electrons. The number of hydrogen-bond acceptors (Lipinski definition) is 5. The van der Waals surface area contributed by atoms with Gasteiger partial charge in [0, 0.05) is 31.6 Å². The number of nitrogens with one attached hydrogen (secondary N) is 2.